The Hall–Kier alpha value is -3.27. The lowest BCUT2D eigenvalue weighted by Gasteiger charge is -2.22. The van der Waals surface area contributed by atoms with Crippen LogP contribution in [-0.4, -0.2) is 28.9 Å². The zero-order valence-corrected chi connectivity index (χ0v) is 19.1. The van der Waals surface area contributed by atoms with Crippen LogP contribution < -0.4 is 14.8 Å². The summed E-state index contributed by atoms with van der Waals surface area (Å²) >= 11 is 3.43. The number of carboxylic acids is 1. The van der Waals surface area contributed by atoms with Crippen molar-refractivity contribution in [3.05, 3.63) is 70.2 Å². The number of carbonyl (C=O) groups is 2. The molecular formula is C23H19BrF3NO5. The summed E-state index contributed by atoms with van der Waals surface area (Å²) in [5.74, 6) is -2.02. The third-order valence-electron chi connectivity index (χ3n) is 4.69. The molecule has 174 valence electrons. The number of alkyl halides is 3. The number of benzene rings is 3. The number of rotatable bonds is 7. The van der Waals surface area contributed by atoms with Gasteiger partial charge in [-0.2, -0.15) is 0 Å². The van der Waals surface area contributed by atoms with Crippen molar-refractivity contribution in [2.75, 3.05) is 0 Å². The largest absolute Gasteiger partial charge is 0.573 e. The van der Waals surface area contributed by atoms with Crippen LogP contribution in [0.25, 0.3) is 10.8 Å². The van der Waals surface area contributed by atoms with E-state index in [4.69, 9.17) is 4.74 Å². The van der Waals surface area contributed by atoms with Gasteiger partial charge in [-0.25, -0.2) is 4.79 Å². The third kappa shape index (κ3) is 5.95. The number of carbonyl (C=O) groups excluding carboxylic acids is 1. The number of ether oxygens (including phenoxy) is 2. The first-order chi connectivity index (χ1) is 15.4. The van der Waals surface area contributed by atoms with E-state index in [1.54, 1.807) is 12.1 Å². The molecule has 6 nitrogen and oxygen atoms in total. The SMILES string of the molecule is CC(C)(NC(=O)c1cc(Br)c2ccccc2c1OCc1ccc(OC(F)(F)F)cc1)C(=O)O. The predicted molar refractivity (Wildman–Crippen MR) is 118 cm³/mol. The normalized spacial score (nSPS) is 11.8. The van der Waals surface area contributed by atoms with Gasteiger partial charge in [-0.1, -0.05) is 52.3 Å². The molecule has 0 radical (unpaired) electrons. The second-order valence-corrected chi connectivity index (χ2v) is 8.50. The van der Waals surface area contributed by atoms with Gasteiger partial charge in [0.1, 0.15) is 23.6 Å². The first-order valence-electron chi connectivity index (χ1n) is 9.62. The highest BCUT2D eigenvalue weighted by molar-refractivity contribution is 9.10. The van der Waals surface area contributed by atoms with Crippen molar-refractivity contribution in [3.8, 4) is 11.5 Å². The molecule has 0 unspecified atom stereocenters. The van der Waals surface area contributed by atoms with Crippen LogP contribution in [0.4, 0.5) is 13.2 Å². The maximum atomic E-state index is 13.0. The van der Waals surface area contributed by atoms with Gasteiger partial charge in [0.25, 0.3) is 5.91 Å². The molecule has 0 spiro atoms. The van der Waals surface area contributed by atoms with Crippen LogP contribution in [0.15, 0.2) is 59.1 Å². The summed E-state index contributed by atoms with van der Waals surface area (Å²) in [4.78, 5) is 24.4. The van der Waals surface area contributed by atoms with Gasteiger partial charge in [-0.05, 0) is 43.0 Å². The highest BCUT2D eigenvalue weighted by Crippen LogP contribution is 2.36. The van der Waals surface area contributed by atoms with E-state index in [-0.39, 0.29) is 23.7 Å². The van der Waals surface area contributed by atoms with E-state index in [1.807, 2.05) is 12.1 Å². The molecule has 0 aliphatic carbocycles. The molecule has 0 saturated heterocycles. The molecule has 0 aliphatic heterocycles. The Balaban J connectivity index is 1.94. The first-order valence-corrected chi connectivity index (χ1v) is 10.4. The fourth-order valence-electron chi connectivity index (χ4n) is 2.98. The Bertz CT molecular complexity index is 1190. The molecule has 0 aliphatic rings. The van der Waals surface area contributed by atoms with E-state index in [0.717, 1.165) is 17.5 Å². The molecule has 0 heterocycles. The zero-order valence-electron chi connectivity index (χ0n) is 17.5. The zero-order chi connectivity index (χ0) is 24.4. The summed E-state index contributed by atoms with van der Waals surface area (Å²) in [5.41, 5.74) is -0.887. The van der Waals surface area contributed by atoms with Crippen molar-refractivity contribution in [2.24, 2.45) is 0 Å². The molecule has 10 heteroatoms. The molecule has 0 atom stereocenters. The van der Waals surface area contributed by atoms with E-state index in [9.17, 15) is 27.9 Å². The number of nitrogens with one attached hydrogen (secondary N) is 1. The average molecular weight is 526 g/mol. The topological polar surface area (TPSA) is 84.9 Å². The molecule has 3 aromatic rings. The standard InChI is InChI=1S/C23H19BrF3NO5/c1-22(2,21(30)31)28-20(29)17-11-18(24)15-5-3-4-6-16(15)19(17)32-12-13-7-9-14(10-8-13)33-23(25,26)27/h3-11H,12H2,1-2H3,(H,28,29)(H,30,31). The summed E-state index contributed by atoms with van der Waals surface area (Å²) < 4.78 is 47.5. The second kappa shape index (κ2) is 9.30. The summed E-state index contributed by atoms with van der Waals surface area (Å²) in [7, 11) is 0. The van der Waals surface area contributed by atoms with Crippen LogP contribution in [0.3, 0.4) is 0 Å². The molecule has 0 bridgehead atoms. The van der Waals surface area contributed by atoms with Crippen LogP contribution in [-0.2, 0) is 11.4 Å². The third-order valence-corrected chi connectivity index (χ3v) is 5.35. The summed E-state index contributed by atoms with van der Waals surface area (Å²) in [6.07, 6.45) is -4.79. The van der Waals surface area contributed by atoms with Gasteiger partial charge < -0.3 is 19.9 Å². The van der Waals surface area contributed by atoms with E-state index in [0.29, 0.717) is 15.4 Å². The Kier molecular flexibility index (Phi) is 6.87. The maximum absolute atomic E-state index is 13.0. The van der Waals surface area contributed by atoms with Gasteiger partial charge in [-0.15, -0.1) is 13.2 Å². The molecular weight excluding hydrogens is 507 g/mol. The Morgan fingerprint density at radius 1 is 1.03 bits per heavy atom. The Morgan fingerprint density at radius 2 is 1.64 bits per heavy atom. The van der Waals surface area contributed by atoms with Crippen molar-refractivity contribution >= 4 is 38.6 Å². The molecule has 2 N–H and O–H groups in total. The molecule has 0 fully saturated rings. The second-order valence-electron chi connectivity index (χ2n) is 7.65. The molecule has 0 aromatic heterocycles. The minimum absolute atomic E-state index is 0.0550. The van der Waals surface area contributed by atoms with E-state index < -0.39 is 23.8 Å². The highest BCUT2D eigenvalue weighted by Gasteiger charge is 2.32. The number of halogens is 4. The lowest BCUT2D eigenvalue weighted by Crippen LogP contribution is -2.49. The van der Waals surface area contributed by atoms with Gasteiger partial charge >= 0.3 is 12.3 Å². The number of fused-ring (bicyclic) bond motifs is 1. The minimum Gasteiger partial charge on any atom is -0.487 e. The van der Waals surface area contributed by atoms with E-state index in [2.05, 4.69) is 26.0 Å². The van der Waals surface area contributed by atoms with Crippen molar-refractivity contribution in [1.82, 2.24) is 5.32 Å². The monoisotopic (exact) mass is 525 g/mol. The van der Waals surface area contributed by atoms with Crippen molar-refractivity contribution < 1.29 is 37.3 Å². The minimum atomic E-state index is -4.79. The maximum Gasteiger partial charge on any atom is 0.573 e. The number of aliphatic carboxylic acids is 1. The van der Waals surface area contributed by atoms with Crippen LogP contribution in [0.5, 0.6) is 11.5 Å². The summed E-state index contributed by atoms with van der Waals surface area (Å²) in [6.45, 7) is 2.66. The Labute approximate surface area is 195 Å². The van der Waals surface area contributed by atoms with Crippen LogP contribution >= 0.6 is 15.9 Å². The lowest BCUT2D eigenvalue weighted by molar-refractivity contribution is -0.274. The fraction of sp³-hybridized carbons (Fsp3) is 0.217. The van der Waals surface area contributed by atoms with Gasteiger partial charge in [0.05, 0.1) is 5.56 Å². The quantitative estimate of drug-likeness (QED) is 0.415. The van der Waals surface area contributed by atoms with Crippen molar-refractivity contribution in [2.45, 2.75) is 32.4 Å². The molecule has 3 aromatic carbocycles. The highest BCUT2D eigenvalue weighted by atomic mass is 79.9. The van der Waals surface area contributed by atoms with Gasteiger partial charge in [0.15, 0.2) is 0 Å². The first kappa shape index (κ1) is 24.4. The summed E-state index contributed by atoms with van der Waals surface area (Å²) in [5, 5.41) is 13.2. The molecule has 33 heavy (non-hydrogen) atoms. The van der Waals surface area contributed by atoms with E-state index in [1.165, 1.54) is 32.0 Å². The van der Waals surface area contributed by atoms with Crippen LogP contribution in [0.1, 0.15) is 29.8 Å². The van der Waals surface area contributed by atoms with Gasteiger partial charge in [-0.3, -0.25) is 4.79 Å². The fourth-order valence-corrected chi connectivity index (χ4v) is 3.55. The number of carboxylic acid groups (broad SMARTS) is 1. The van der Waals surface area contributed by atoms with Gasteiger partial charge in [0, 0.05) is 9.86 Å². The predicted octanol–water partition coefficient (Wildman–Crippen LogP) is 5.67. The van der Waals surface area contributed by atoms with Crippen molar-refractivity contribution in [1.29, 1.82) is 0 Å². The van der Waals surface area contributed by atoms with Gasteiger partial charge in [0.2, 0.25) is 0 Å². The van der Waals surface area contributed by atoms with Crippen LogP contribution in [0, 0.1) is 0 Å². The Morgan fingerprint density at radius 3 is 2.21 bits per heavy atom. The average Bonchev–Trinajstić information content (AvgIpc) is 2.72. The lowest BCUT2D eigenvalue weighted by atomic mass is 10.0. The summed E-state index contributed by atoms with van der Waals surface area (Å²) in [6, 6.07) is 13.8. The van der Waals surface area contributed by atoms with Crippen LogP contribution in [0.2, 0.25) is 0 Å². The molecule has 3 rings (SSSR count). The number of hydrogen-bond acceptors (Lipinski definition) is 4. The van der Waals surface area contributed by atoms with Crippen molar-refractivity contribution in [3.63, 3.8) is 0 Å². The number of hydrogen-bond donors (Lipinski definition) is 2. The number of amides is 1. The molecule has 1 amide bonds. The van der Waals surface area contributed by atoms with E-state index >= 15 is 0 Å². The molecule has 0 saturated carbocycles. The smallest absolute Gasteiger partial charge is 0.487 e.